The van der Waals surface area contributed by atoms with Crippen LogP contribution in [0.5, 0.6) is 0 Å². The molecule has 2 saturated heterocycles. The molecule has 3 aliphatic heterocycles. The summed E-state index contributed by atoms with van der Waals surface area (Å²) in [6.45, 7) is 4.24. The minimum Gasteiger partial charge on any atom is -0.335 e. The maximum atomic E-state index is 13.1. The number of carbonyl (C=O) groups is 1. The quantitative estimate of drug-likeness (QED) is 0.795. The van der Waals surface area contributed by atoms with Gasteiger partial charge in [0.05, 0.1) is 6.04 Å². The van der Waals surface area contributed by atoms with Crippen LogP contribution in [0.3, 0.4) is 0 Å². The maximum Gasteiger partial charge on any atom is 0.226 e. The first-order chi connectivity index (χ1) is 10.6. The van der Waals surface area contributed by atoms with E-state index in [1.54, 1.807) is 0 Å². The first kappa shape index (κ1) is 14.3. The molecule has 4 aliphatic rings. The summed E-state index contributed by atoms with van der Waals surface area (Å²) < 4.78 is 0. The Morgan fingerprint density at radius 3 is 2.68 bits per heavy atom. The smallest absolute Gasteiger partial charge is 0.226 e. The van der Waals surface area contributed by atoms with Crippen molar-refractivity contribution in [2.75, 3.05) is 20.1 Å². The van der Waals surface area contributed by atoms with Gasteiger partial charge in [0.1, 0.15) is 0 Å². The molecule has 3 heterocycles. The fourth-order valence-corrected chi connectivity index (χ4v) is 4.73. The number of carbonyl (C=O) groups excluding carboxylic acids is 1. The van der Waals surface area contributed by atoms with Crippen molar-refractivity contribution >= 4 is 5.91 Å². The highest BCUT2D eigenvalue weighted by Gasteiger charge is 2.42. The molecule has 3 nitrogen and oxygen atoms in total. The van der Waals surface area contributed by atoms with Crippen LogP contribution in [-0.4, -0.2) is 41.9 Å². The highest BCUT2D eigenvalue weighted by molar-refractivity contribution is 5.80. The van der Waals surface area contributed by atoms with Crippen LogP contribution in [0.15, 0.2) is 24.3 Å². The fraction of sp³-hybridized carbons (Fsp3) is 0.632. The van der Waals surface area contributed by atoms with E-state index in [0.29, 0.717) is 23.9 Å². The molecular weight excluding hydrogens is 272 g/mol. The van der Waals surface area contributed by atoms with Crippen LogP contribution in [0, 0.1) is 5.92 Å². The van der Waals surface area contributed by atoms with Crippen LogP contribution in [0.25, 0.3) is 0 Å². The van der Waals surface area contributed by atoms with Gasteiger partial charge in [-0.1, -0.05) is 24.3 Å². The molecule has 0 N–H and O–H groups in total. The van der Waals surface area contributed by atoms with Crippen molar-refractivity contribution in [3.8, 4) is 0 Å². The summed E-state index contributed by atoms with van der Waals surface area (Å²) in [5, 5.41) is 0. The Morgan fingerprint density at radius 2 is 1.91 bits per heavy atom. The third kappa shape index (κ3) is 2.18. The Labute approximate surface area is 133 Å². The number of benzene rings is 1. The number of amides is 1. The Morgan fingerprint density at radius 1 is 1.14 bits per heavy atom. The molecule has 2 fully saturated rings. The number of likely N-dealkylation sites (tertiary alicyclic amines) is 1. The molecule has 1 amide bonds. The van der Waals surface area contributed by atoms with E-state index in [9.17, 15) is 4.79 Å². The molecule has 1 aliphatic carbocycles. The van der Waals surface area contributed by atoms with Crippen LogP contribution in [0.4, 0.5) is 0 Å². The van der Waals surface area contributed by atoms with Crippen molar-refractivity contribution in [1.29, 1.82) is 0 Å². The summed E-state index contributed by atoms with van der Waals surface area (Å²) in [6, 6.07) is 9.64. The highest BCUT2D eigenvalue weighted by Crippen LogP contribution is 2.47. The number of nitrogens with zero attached hydrogens (tertiary/aromatic N) is 2. The van der Waals surface area contributed by atoms with E-state index < -0.39 is 0 Å². The van der Waals surface area contributed by atoms with Gasteiger partial charge in [0.2, 0.25) is 5.91 Å². The van der Waals surface area contributed by atoms with E-state index >= 15 is 0 Å². The Hall–Kier alpha value is -1.35. The van der Waals surface area contributed by atoms with Gasteiger partial charge in [-0.25, -0.2) is 0 Å². The monoisotopic (exact) mass is 298 g/mol. The summed E-state index contributed by atoms with van der Waals surface area (Å²) in [5.41, 5.74) is 2.92. The molecule has 0 unspecified atom stereocenters. The average molecular weight is 298 g/mol. The lowest BCUT2D eigenvalue weighted by Gasteiger charge is -2.48. The van der Waals surface area contributed by atoms with Crippen molar-refractivity contribution < 1.29 is 4.79 Å². The molecule has 0 saturated carbocycles. The Bertz CT molecular complexity index is 585. The van der Waals surface area contributed by atoms with Gasteiger partial charge in [-0.05, 0) is 57.3 Å². The van der Waals surface area contributed by atoms with Gasteiger partial charge in [0.25, 0.3) is 0 Å². The minimum atomic E-state index is 0.234. The standard InChI is InChI=1S/C19H26N2O/c1-13-11-14(9-10-20(13)2)19(22)21-12-15-7-8-18(21)17-6-4-3-5-16(15)17/h3-6,13-15,18H,7-12H2,1-2H3/t13-,14-,15+,18-/m0/s1. The van der Waals surface area contributed by atoms with Crippen molar-refractivity contribution in [2.45, 2.75) is 50.6 Å². The van der Waals surface area contributed by atoms with Crippen LogP contribution >= 0.6 is 0 Å². The van der Waals surface area contributed by atoms with Crippen molar-refractivity contribution in [2.24, 2.45) is 5.92 Å². The second kappa shape index (κ2) is 5.38. The minimum absolute atomic E-state index is 0.234. The third-order valence-electron chi connectivity index (χ3n) is 6.22. The van der Waals surface area contributed by atoms with Gasteiger partial charge in [0, 0.05) is 24.4 Å². The van der Waals surface area contributed by atoms with E-state index in [2.05, 4.69) is 48.0 Å². The molecule has 0 aromatic heterocycles. The molecular formula is C19H26N2O. The summed E-state index contributed by atoms with van der Waals surface area (Å²) >= 11 is 0. The molecule has 22 heavy (non-hydrogen) atoms. The molecule has 4 atom stereocenters. The highest BCUT2D eigenvalue weighted by atomic mass is 16.2. The second-order valence-electron chi connectivity index (χ2n) is 7.46. The third-order valence-corrected chi connectivity index (χ3v) is 6.22. The van der Waals surface area contributed by atoms with Crippen LogP contribution < -0.4 is 0 Å². The molecule has 0 spiro atoms. The van der Waals surface area contributed by atoms with Crippen molar-refractivity contribution in [3.05, 3.63) is 35.4 Å². The van der Waals surface area contributed by atoms with Crippen LogP contribution in [-0.2, 0) is 4.79 Å². The van der Waals surface area contributed by atoms with Gasteiger partial charge in [-0.3, -0.25) is 4.79 Å². The molecule has 118 valence electrons. The zero-order valence-electron chi connectivity index (χ0n) is 13.7. The average Bonchev–Trinajstić information content (AvgIpc) is 2.57. The van der Waals surface area contributed by atoms with E-state index in [-0.39, 0.29) is 5.92 Å². The molecule has 2 bridgehead atoms. The largest absolute Gasteiger partial charge is 0.335 e. The first-order valence-electron chi connectivity index (χ1n) is 8.74. The Balaban J connectivity index is 1.56. The van der Waals surface area contributed by atoms with Crippen molar-refractivity contribution in [1.82, 2.24) is 9.80 Å². The lowest BCUT2D eigenvalue weighted by molar-refractivity contribution is -0.142. The fourth-order valence-electron chi connectivity index (χ4n) is 4.73. The predicted octanol–water partition coefficient (Wildman–Crippen LogP) is 3.18. The topological polar surface area (TPSA) is 23.6 Å². The summed E-state index contributed by atoms with van der Waals surface area (Å²) in [6.07, 6.45) is 4.44. The van der Waals surface area contributed by atoms with Crippen LogP contribution in [0.1, 0.15) is 55.7 Å². The number of hydrogen-bond donors (Lipinski definition) is 0. The normalized spacial score (nSPS) is 34.5. The first-order valence-corrected chi connectivity index (χ1v) is 8.74. The van der Waals surface area contributed by atoms with Gasteiger partial charge in [-0.15, -0.1) is 0 Å². The van der Waals surface area contributed by atoms with E-state index in [4.69, 9.17) is 0 Å². The lowest BCUT2D eigenvalue weighted by atomic mass is 9.74. The number of piperidine rings is 2. The number of hydrogen-bond acceptors (Lipinski definition) is 2. The molecule has 1 aromatic rings. The zero-order chi connectivity index (χ0) is 15.3. The SMILES string of the molecule is C[C@H]1C[C@@H](C(=O)N2C[C@H]3CC[C@H]2c2ccccc23)CCN1C. The summed E-state index contributed by atoms with van der Waals surface area (Å²) in [7, 11) is 2.17. The van der Waals surface area contributed by atoms with Gasteiger partial charge in [0.15, 0.2) is 0 Å². The molecule has 3 heteroatoms. The number of fused-ring (bicyclic) bond motifs is 2. The van der Waals surface area contributed by atoms with E-state index in [1.165, 1.54) is 17.5 Å². The second-order valence-corrected chi connectivity index (χ2v) is 7.46. The molecule has 0 radical (unpaired) electrons. The molecule has 5 rings (SSSR count). The van der Waals surface area contributed by atoms with Crippen LogP contribution in [0.2, 0.25) is 0 Å². The van der Waals surface area contributed by atoms with Crippen molar-refractivity contribution in [3.63, 3.8) is 0 Å². The molecule has 1 aromatic carbocycles. The van der Waals surface area contributed by atoms with E-state index in [0.717, 1.165) is 32.4 Å². The van der Waals surface area contributed by atoms with E-state index in [1.807, 2.05) is 0 Å². The maximum absolute atomic E-state index is 13.1. The van der Waals surface area contributed by atoms with Gasteiger partial charge >= 0.3 is 0 Å². The zero-order valence-corrected chi connectivity index (χ0v) is 13.7. The summed E-state index contributed by atoms with van der Waals surface area (Å²) in [4.78, 5) is 17.7. The Kier molecular flexibility index (Phi) is 3.48. The number of rotatable bonds is 1. The summed E-state index contributed by atoms with van der Waals surface area (Å²) in [5.74, 6) is 1.22. The van der Waals surface area contributed by atoms with Gasteiger partial charge in [-0.2, -0.15) is 0 Å². The lowest BCUT2D eigenvalue weighted by Crippen LogP contribution is -2.50. The van der Waals surface area contributed by atoms with Gasteiger partial charge < -0.3 is 9.80 Å². The predicted molar refractivity (Wildman–Crippen MR) is 87.7 cm³/mol.